The van der Waals surface area contributed by atoms with E-state index in [9.17, 15) is 23.2 Å². The quantitative estimate of drug-likeness (QED) is 0.326. The number of alkyl halides is 3. The summed E-state index contributed by atoms with van der Waals surface area (Å²) in [5.74, 6) is -1.90. The van der Waals surface area contributed by atoms with Crippen LogP contribution in [0.4, 0.5) is 19.0 Å². The Morgan fingerprint density at radius 2 is 1.57 bits per heavy atom. The van der Waals surface area contributed by atoms with Crippen molar-refractivity contribution in [3.05, 3.63) is 72.7 Å². The molecule has 1 saturated heterocycles. The van der Waals surface area contributed by atoms with E-state index in [1.807, 2.05) is 48.7 Å². The van der Waals surface area contributed by atoms with Crippen molar-refractivity contribution in [3.8, 4) is 28.3 Å². The first-order valence-corrected chi connectivity index (χ1v) is 13.1. The van der Waals surface area contributed by atoms with Gasteiger partial charge in [0.15, 0.2) is 0 Å². The number of amides is 1. The smallest absolute Gasteiger partial charge is 0.475 e. The van der Waals surface area contributed by atoms with Gasteiger partial charge in [0.25, 0.3) is 5.91 Å². The summed E-state index contributed by atoms with van der Waals surface area (Å²) in [4.78, 5) is 30.4. The predicted octanol–water partition coefficient (Wildman–Crippen LogP) is 3.00. The Balaban J connectivity index is 0.000000493. The number of hydrogen-bond donors (Lipinski definition) is 1. The second kappa shape index (κ2) is 11.9. The molecule has 6 heterocycles. The summed E-state index contributed by atoms with van der Waals surface area (Å²) < 4.78 is 36.9. The number of anilines is 1. The molecule has 0 radical (unpaired) electrons. The number of fused-ring (bicyclic) bond motifs is 1. The lowest BCUT2D eigenvalue weighted by Gasteiger charge is -2.35. The van der Waals surface area contributed by atoms with Gasteiger partial charge in [-0.3, -0.25) is 14.2 Å². The molecule has 5 aromatic heterocycles. The number of carbonyl (C=O) groups is 2. The van der Waals surface area contributed by atoms with Crippen LogP contribution in [-0.2, 0) is 18.9 Å². The average Bonchev–Trinajstić information content (AvgIpc) is 3.76. The van der Waals surface area contributed by atoms with Crippen molar-refractivity contribution in [2.75, 3.05) is 31.1 Å². The van der Waals surface area contributed by atoms with Crippen LogP contribution in [0.5, 0.6) is 0 Å². The molecule has 0 bridgehead atoms. The first kappa shape index (κ1) is 29.8. The van der Waals surface area contributed by atoms with Crippen molar-refractivity contribution < 1.29 is 27.9 Å². The van der Waals surface area contributed by atoms with Crippen LogP contribution < -0.4 is 4.90 Å². The number of carboxylic acids is 1. The van der Waals surface area contributed by atoms with Crippen LogP contribution in [-0.4, -0.2) is 88.4 Å². The van der Waals surface area contributed by atoms with E-state index in [0.717, 1.165) is 33.6 Å². The molecule has 1 aliphatic heterocycles. The van der Waals surface area contributed by atoms with Gasteiger partial charge in [-0.25, -0.2) is 14.3 Å². The molecule has 226 valence electrons. The van der Waals surface area contributed by atoms with Crippen LogP contribution in [0.2, 0.25) is 0 Å². The minimum atomic E-state index is -5.08. The van der Waals surface area contributed by atoms with E-state index in [1.165, 1.54) is 0 Å². The summed E-state index contributed by atoms with van der Waals surface area (Å²) in [6, 6.07) is 8.31. The molecule has 1 amide bonds. The molecule has 0 atom stereocenters. The molecule has 44 heavy (non-hydrogen) atoms. The summed E-state index contributed by atoms with van der Waals surface area (Å²) in [6.45, 7) is 2.62. The number of aromatic nitrogens is 7. The van der Waals surface area contributed by atoms with Crippen molar-refractivity contribution >= 4 is 23.2 Å². The lowest BCUT2D eigenvalue weighted by Crippen LogP contribution is -2.49. The first-order valence-electron chi connectivity index (χ1n) is 13.1. The number of carboxylic acid groups (broad SMARTS) is 1. The molecule has 13 nitrogen and oxygen atoms in total. The average molecular weight is 607 g/mol. The second-order valence-electron chi connectivity index (χ2n) is 9.90. The van der Waals surface area contributed by atoms with E-state index >= 15 is 0 Å². The van der Waals surface area contributed by atoms with Gasteiger partial charge < -0.3 is 14.9 Å². The van der Waals surface area contributed by atoms with Crippen molar-refractivity contribution in [2.24, 2.45) is 14.1 Å². The van der Waals surface area contributed by atoms with Crippen molar-refractivity contribution in [1.82, 2.24) is 39.1 Å². The van der Waals surface area contributed by atoms with E-state index in [-0.39, 0.29) is 5.91 Å². The Morgan fingerprint density at radius 3 is 2.11 bits per heavy atom. The van der Waals surface area contributed by atoms with Crippen LogP contribution >= 0.6 is 0 Å². The number of halogens is 3. The SMILES string of the molecule is Cn1cc(C(=O)N2CCN(c3ccc(-c4cc(-c5cnn(C)c5)cn5ncc(C#N)c45)cn3)CC2)cn1.O=C(O)C(F)(F)F. The molecule has 0 unspecified atom stereocenters. The van der Waals surface area contributed by atoms with Gasteiger partial charge in [-0.2, -0.15) is 33.7 Å². The third kappa shape index (κ3) is 6.21. The Hall–Kier alpha value is -5.72. The summed E-state index contributed by atoms with van der Waals surface area (Å²) in [5, 5.41) is 29.6. The Morgan fingerprint density at radius 1 is 0.886 bits per heavy atom. The molecule has 1 fully saturated rings. The number of aryl methyl sites for hydroxylation is 2. The standard InChI is InChI=1S/C26H24N10O.C2HF3O2/c1-32-15-21(13-29-32)19-9-23(25-20(10-27)12-31-36(25)17-19)18-3-4-24(28-11-18)34-5-7-35(8-6-34)26(37)22-14-30-33(2)16-22;3-2(4,5)1(6)7/h3-4,9,11-17H,5-8H2,1-2H3;(H,6,7). The Labute approximate surface area is 248 Å². The van der Waals surface area contributed by atoms with Gasteiger partial charge in [-0.1, -0.05) is 0 Å². The summed E-state index contributed by atoms with van der Waals surface area (Å²) in [5.41, 5.74) is 5.53. The fourth-order valence-corrected chi connectivity index (χ4v) is 4.74. The van der Waals surface area contributed by atoms with Gasteiger partial charge in [0.1, 0.15) is 11.9 Å². The zero-order chi connectivity index (χ0) is 31.6. The normalized spacial score (nSPS) is 13.4. The van der Waals surface area contributed by atoms with E-state index in [0.29, 0.717) is 37.3 Å². The highest BCUT2D eigenvalue weighted by Gasteiger charge is 2.38. The van der Waals surface area contributed by atoms with Crippen molar-refractivity contribution in [1.29, 1.82) is 5.26 Å². The number of aliphatic carboxylic acids is 1. The van der Waals surface area contributed by atoms with Gasteiger partial charge in [-0.15, -0.1) is 0 Å². The Kier molecular flexibility index (Phi) is 8.03. The largest absolute Gasteiger partial charge is 0.490 e. The molecular weight excluding hydrogens is 581 g/mol. The number of piperazine rings is 1. The van der Waals surface area contributed by atoms with Crippen LogP contribution in [0, 0.1) is 11.3 Å². The maximum absolute atomic E-state index is 12.7. The number of carbonyl (C=O) groups excluding carboxylic acids is 1. The molecule has 16 heteroatoms. The predicted molar refractivity (Wildman–Crippen MR) is 150 cm³/mol. The van der Waals surface area contributed by atoms with Gasteiger partial charge in [0.05, 0.1) is 35.2 Å². The van der Waals surface area contributed by atoms with E-state index in [4.69, 9.17) is 14.9 Å². The summed E-state index contributed by atoms with van der Waals surface area (Å²) in [6.07, 6.45) is 7.34. The lowest BCUT2D eigenvalue weighted by atomic mass is 10.0. The number of nitriles is 1. The van der Waals surface area contributed by atoms with Crippen LogP contribution in [0.15, 0.2) is 61.6 Å². The molecule has 1 aliphatic rings. The molecular formula is C28H25F3N10O3. The second-order valence-corrected chi connectivity index (χ2v) is 9.90. The molecule has 0 spiro atoms. The summed E-state index contributed by atoms with van der Waals surface area (Å²) >= 11 is 0. The van der Waals surface area contributed by atoms with Crippen LogP contribution in [0.3, 0.4) is 0 Å². The maximum atomic E-state index is 12.7. The van der Waals surface area contributed by atoms with Crippen molar-refractivity contribution in [3.63, 3.8) is 0 Å². The fraction of sp³-hybridized carbons (Fsp3) is 0.250. The number of nitrogens with zero attached hydrogens (tertiary/aromatic N) is 10. The van der Waals surface area contributed by atoms with Gasteiger partial charge in [0, 0.05) is 87.3 Å². The third-order valence-corrected chi connectivity index (χ3v) is 6.91. The van der Waals surface area contributed by atoms with Crippen LogP contribution in [0.1, 0.15) is 15.9 Å². The van der Waals surface area contributed by atoms with Gasteiger partial charge >= 0.3 is 12.1 Å². The lowest BCUT2D eigenvalue weighted by molar-refractivity contribution is -0.192. The minimum Gasteiger partial charge on any atom is -0.475 e. The molecule has 0 aliphatic carbocycles. The highest BCUT2D eigenvalue weighted by Crippen LogP contribution is 2.32. The molecule has 5 aromatic rings. The fourth-order valence-electron chi connectivity index (χ4n) is 4.74. The zero-order valence-electron chi connectivity index (χ0n) is 23.5. The highest BCUT2D eigenvalue weighted by molar-refractivity contribution is 5.94. The topological polar surface area (TPSA) is 150 Å². The van der Waals surface area contributed by atoms with Gasteiger partial charge in [-0.05, 0) is 18.2 Å². The number of rotatable bonds is 4. The zero-order valence-corrected chi connectivity index (χ0v) is 23.5. The van der Waals surface area contributed by atoms with Crippen LogP contribution in [0.25, 0.3) is 27.8 Å². The molecule has 0 saturated carbocycles. The van der Waals surface area contributed by atoms with Crippen molar-refractivity contribution in [2.45, 2.75) is 6.18 Å². The summed E-state index contributed by atoms with van der Waals surface area (Å²) in [7, 11) is 3.68. The van der Waals surface area contributed by atoms with E-state index < -0.39 is 12.1 Å². The Bertz CT molecular complexity index is 1860. The molecule has 6 rings (SSSR count). The number of hydrogen-bond acceptors (Lipinski definition) is 8. The first-order chi connectivity index (χ1) is 20.9. The highest BCUT2D eigenvalue weighted by atomic mass is 19.4. The maximum Gasteiger partial charge on any atom is 0.490 e. The van der Waals surface area contributed by atoms with E-state index in [2.05, 4.69) is 26.3 Å². The monoisotopic (exact) mass is 606 g/mol. The van der Waals surface area contributed by atoms with Gasteiger partial charge in [0.2, 0.25) is 0 Å². The number of pyridine rings is 2. The third-order valence-electron chi connectivity index (χ3n) is 6.91. The molecule has 1 N–H and O–H groups in total. The minimum absolute atomic E-state index is 0.00248. The molecule has 0 aromatic carbocycles. The van der Waals surface area contributed by atoms with E-state index in [1.54, 1.807) is 45.7 Å².